The first-order valence-corrected chi connectivity index (χ1v) is 7.55. The molecule has 0 aliphatic heterocycles. The summed E-state index contributed by atoms with van der Waals surface area (Å²) in [5.74, 6) is 0.952. The van der Waals surface area contributed by atoms with Gasteiger partial charge in [-0.2, -0.15) is 0 Å². The number of nitrogens with one attached hydrogen (secondary N) is 1. The Hall–Kier alpha value is -1.80. The summed E-state index contributed by atoms with van der Waals surface area (Å²) in [5.41, 5.74) is 6.26. The van der Waals surface area contributed by atoms with Crippen molar-refractivity contribution in [2.45, 2.75) is 33.7 Å². The second kappa shape index (κ2) is 6.77. The molecule has 1 N–H and O–H groups in total. The molecule has 0 heterocycles. The minimum atomic E-state index is 0.391. The summed E-state index contributed by atoms with van der Waals surface area (Å²) in [4.78, 5) is 0. The lowest BCUT2D eigenvalue weighted by Gasteiger charge is -2.15. The van der Waals surface area contributed by atoms with Crippen molar-refractivity contribution in [3.8, 4) is 16.9 Å². The van der Waals surface area contributed by atoms with Gasteiger partial charge in [0.1, 0.15) is 5.75 Å². The third-order valence-corrected chi connectivity index (χ3v) is 3.97. The minimum absolute atomic E-state index is 0.391. The Balaban J connectivity index is 2.33. The van der Waals surface area contributed by atoms with Crippen LogP contribution in [-0.2, 0) is 0 Å². The number of hydrogen-bond donors (Lipinski definition) is 1. The van der Waals surface area contributed by atoms with E-state index >= 15 is 0 Å². The van der Waals surface area contributed by atoms with Crippen molar-refractivity contribution in [1.29, 1.82) is 0 Å². The van der Waals surface area contributed by atoms with Gasteiger partial charge in [0.25, 0.3) is 0 Å². The molecule has 0 saturated carbocycles. The van der Waals surface area contributed by atoms with Crippen molar-refractivity contribution in [1.82, 2.24) is 5.32 Å². The smallest absolute Gasteiger partial charge is 0.122 e. The zero-order chi connectivity index (χ0) is 15.4. The number of methoxy groups -OCH3 is 1. The van der Waals surface area contributed by atoms with E-state index in [1.807, 2.05) is 0 Å². The Morgan fingerprint density at radius 3 is 2.29 bits per heavy atom. The van der Waals surface area contributed by atoms with E-state index in [4.69, 9.17) is 4.74 Å². The molecular formula is C19H25NO. The van der Waals surface area contributed by atoms with Gasteiger partial charge in [-0.05, 0) is 67.3 Å². The lowest BCUT2D eigenvalue weighted by Crippen LogP contribution is -2.17. The highest BCUT2D eigenvalue weighted by Gasteiger charge is 2.08. The molecule has 2 aromatic rings. The summed E-state index contributed by atoms with van der Waals surface area (Å²) in [5, 5.41) is 3.44. The molecule has 0 aliphatic carbocycles. The van der Waals surface area contributed by atoms with Gasteiger partial charge in [-0.3, -0.25) is 0 Å². The average Bonchev–Trinajstić information content (AvgIpc) is 2.49. The molecule has 0 amide bonds. The predicted molar refractivity (Wildman–Crippen MR) is 90.0 cm³/mol. The van der Waals surface area contributed by atoms with Gasteiger partial charge in [0, 0.05) is 6.04 Å². The lowest BCUT2D eigenvalue weighted by molar-refractivity contribution is 0.411. The Morgan fingerprint density at radius 1 is 1.05 bits per heavy atom. The van der Waals surface area contributed by atoms with Crippen LogP contribution < -0.4 is 10.1 Å². The van der Waals surface area contributed by atoms with E-state index in [0.29, 0.717) is 6.04 Å². The number of ether oxygens (including phenoxy) is 1. The topological polar surface area (TPSA) is 21.3 Å². The molecule has 0 aromatic heterocycles. The summed E-state index contributed by atoms with van der Waals surface area (Å²) in [6.07, 6.45) is 0. The van der Waals surface area contributed by atoms with Crippen LogP contribution in [0, 0.1) is 13.8 Å². The number of hydrogen-bond acceptors (Lipinski definition) is 2. The standard InChI is InChI=1S/C19H25NO/c1-6-20-15(4)16-7-9-17(10-8-16)18-11-14(3)19(21-5)12-13(18)2/h7-12,15,20H,6H2,1-5H3. The van der Waals surface area contributed by atoms with Crippen LogP contribution >= 0.6 is 0 Å². The van der Waals surface area contributed by atoms with Crippen molar-refractivity contribution < 1.29 is 4.74 Å². The maximum Gasteiger partial charge on any atom is 0.122 e. The van der Waals surface area contributed by atoms with E-state index in [1.54, 1.807) is 7.11 Å². The predicted octanol–water partition coefficient (Wildman–Crippen LogP) is 4.65. The fourth-order valence-electron chi connectivity index (χ4n) is 2.70. The van der Waals surface area contributed by atoms with Crippen LogP contribution in [-0.4, -0.2) is 13.7 Å². The van der Waals surface area contributed by atoms with Crippen LogP contribution in [0.1, 0.15) is 36.6 Å². The molecule has 2 heteroatoms. The Labute approximate surface area is 128 Å². The van der Waals surface area contributed by atoms with Gasteiger partial charge in [-0.15, -0.1) is 0 Å². The Morgan fingerprint density at radius 2 is 1.71 bits per heavy atom. The highest BCUT2D eigenvalue weighted by atomic mass is 16.5. The summed E-state index contributed by atoms with van der Waals surface area (Å²) < 4.78 is 5.39. The zero-order valence-corrected chi connectivity index (χ0v) is 13.7. The molecule has 1 unspecified atom stereocenters. The second-order valence-corrected chi connectivity index (χ2v) is 5.54. The van der Waals surface area contributed by atoms with E-state index in [9.17, 15) is 0 Å². The van der Waals surface area contributed by atoms with Crippen molar-refractivity contribution in [3.05, 3.63) is 53.1 Å². The van der Waals surface area contributed by atoms with E-state index in [-0.39, 0.29) is 0 Å². The Bertz CT molecular complexity index is 602. The molecule has 21 heavy (non-hydrogen) atoms. The number of rotatable bonds is 5. The zero-order valence-electron chi connectivity index (χ0n) is 13.7. The maximum atomic E-state index is 5.39. The molecule has 2 nitrogen and oxygen atoms in total. The van der Waals surface area contributed by atoms with Gasteiger partial charge in [0.2, 0.25) is 0 Å². The largest absolute Gasteiger partial charge is 0.496 e. The molecule has 0 spiro atoms. The van der Waals surface area contributed by atoms with E-state index in [1.165, 1.54) is 27.8 Å². The minimum Gasteiger partial charge on any atom is -0.496 e. The van der Waals surface area contributed by atoms with E-state index in [2.05, 4.69) is 69.4 Å². The Kier molecular flexibility index (Phi) is 5.03. The molecule has 0 radical (unpaired) electrons. The normalized spacial score (nSPS) is 12.2. The molecule has 0 aliphatic rings. The van der Waals surface area contributed by atoms with E-state index < -0.39 is 0 Å². The number of aryl methyl sites for hydroxylation is 2. The molecule has 2 aromatic carbocycles. The quantitative estimate of drug-likeness (QED) is 0.862. The van der Waals surface area contributed by atoms with Gasteiger partial charge in [-0.25, -0.2) is 0 Å². The van der Waals surface area contributed by atoms with Crippen molar-refractivity contribution in [2.24, 2.45) is 0 Å². The van der Waals surface area contributed by atoms with Gasteiger partial charge in [-0.1, -0.05) is 31.2 Å². The van der Waals surface area contributed by atoms with Gasteiger partial charge < -0.3 is 10.1 Å². The summed E-state index contributed by atoms with van der Waals surface area (Å²) in [7, 11) is 1.72. The van der Waals surface area contributed by atoms with Crippen LogP contribution in [0.25, 0.3) is 11.1 Å². The molecule has 2 rings (SSSR count). The number of benzene rings is 2. The molecule has 0 saturated heterocycles. The van der Waals surface area contributed by atoms with Crippen LogP contribution in [0.3, 0.4) is 0 Å². The molecular weight excluding hydrogens is 258 g/mol. The maximum absolute atomic E-state index is 5.39. The summed E-state index contributed by atoms with van der Waals surface area (Å²) >= 11 is 0. The molecule has 112 valence electrons. The molecule has 0 bridgehead atoms. The highest BCUT2D eigenvalue weighted by Crippen LogP contribution is 2.30. The summed E-state index contributed by atoms with van der Waals surface area (Å²) in [6, 6.07) is 13.5. The van der Waals surface area contributed by atoms with Crippen LogP contribution in [0.5, 0.6) is 5.75 Å². The first-order valence-electron chi connectivity index (χ1n) is 7.55. The molecule has 1 atom stereocenters. The lowest BCUT2D eigenvalue weighted by atomic mass is 9.96. The fourth-order valence-corrected chi connectivity index (χ4v) is 2.70. The van der Waals surface area contributed by atoms with Crippen molar-refractivity contribution in [3.63, 3.8) is 0 Å². The van der Waals surface area contributed by atoms with Crippen LogP contribution in [0.15, 0.2) is 36.4 Å². The fraction of sp³-hybridized carbons (Fsp3) is 0.368. The monoisotopic (exact) mass is 283 g/mol. The summed E-state index contributed by atoms with van der Waals surface area (Å²) in [6.45, 7) is 9.53. The SMILES string of the molecule is CCNC(C)c1ccc(-c2cc(C)c(OC)cc2C)cc1. The molecule has 0 fully saturated rings. The first-order chi connectivity index (χ1) is 10.1. The second-order valence-electron chi connectivity index (χ2n) is 5.54. The van der Waals surface area contributed by atoms with Gasteiger partial charge in [0.15, 0.2) is 0 Å². The third-order valence-electron chi connectivity index (χ3n) is 3.97. The van der Waals surface area contributed by atoms with Crippen LogP contribution in [0.4, 0.5) is 0 Å². The van der Waals surface area contributed by atoms with Gasteiger partial charge >= 0.3 is 0 Å². The van der Waals surface area contributed by atoms with Crippen molar-refractivity contribution in [2.75, 3.05) is 13.7 Å². The third kappa shape index (κ3) is 3.45. The average molecular weight is 283 g/mol. The van der Waals surface area contributed by atoms with E-state index in [0.717, 1.165) is 12.3 Å². The highest BCUT2D eigenvalue weighted by molar-refractivity contribution is 5.69. The first kappa shape index (κ1) is 15.6. The van der Waals surface area contributed by atoms with Gasteiger partial charge in [0.05, 0.1) is 7.11 Å². The van der Waals surface area contributed by atoms with Crippen LogP contribution in [0.2, 0.25) is 0 Å². The van der Waals surface area contributed by atoms with Crippen molar-refractivity contribution >= 4 is 0 Å².